The van der Waals surface area contributed by atoms with E-state index < -0.39 is 0 Å². The summed E-state index contributed by atoms with van der Waals surface area (Å²) in [4.78, 5) is 32.9. The van der Waals surface area contributed by atoms with E-state index in [2.05, 4.69) is 4.98 Å². The van der Waals surface area contributed by atoms with Crippen molar-refractivity contribution in [1.82, 2.24) is 14.8 Å². The highest BCUT2D eigenvalue weighted by molar-refractivity contribution is 5.97. The van der Waals surface area contributed by atoms with Gasteiger partial charge in [0.1, 0.15) is 11.7 Å². The molecule has 1 aromatic heterocycles. The first kappa shape index (κ1) is 23.5. The molecule has 0 unspecified atom stereocenters. The van der Waals surface area contributed by atoms with Crippen molar-refractivity contribution in [3.63, 3.8) is 0 Å². The average Bonchev–Trinajstić information content (AvgIpc) is 2.80. The summed E-state index contributed by atoms with van der Waals surface area (Å²) in [6.45, 7) is 5.94. The quantitative estimate of drug-likeness (QED) is 0.751. The molecule has 1 aromatic carbocycles. The lowest BCUT2D eigenvalue weighted by Gasteiger charge is -2.37. The van der Waals surface area contributed by atoms with Gasteiger partial charge in [0.2, 0.25) is 11.8 Å². The van der Waals surface area contributed by atoms with Gasteiger partial charge in [0, 0.05) is 32.6 Å². The van der Waals surface area contributed by atoms with Crippen LogP contribution in [0.5, 0.6) is 5.88 Å². The lowest BCUT2D eigenvalue weighted by atomic mass is 9.99. The largest absolute Gasteiger partial charge is 0.472 e. The number of hydrogen-bond acceptors (Lipinski definition) is 5. The van der Waals surface area contributed by atoms with Gasteiger partial charge in [0.15, 0.2) is 0 Å². The van der Waals surface area contributed by atoms with E-state index in [-0.39, 0.29) is 42.4 Å². The molecule has 170 valence electrons. The zero-order valence-electron chi connectivity index (χ0n) is 19.1. The standard InChI is InChI=1S/C25H31N3O4/c1-17-14-28(18(2)16-29)25(31)22-12-21(11-10-20-8-6-5-7-9-20)13-26-24(22)32-23(17)15-27(4)19(3)30/h5-13,17-18,23,29H,14-16H2,1-4H3/b11-10+/t17-,18+,23-/m1/s1. The number of carbonyl (C=O) groups excluding carboxylic acids is 2. The fraction of sp³-hybridized carbons (Fsp3) is 0.400. The van der Waals surface area contributed by atoms with Crippen molar-refractivity contribution < 1.29 is 19.4 Å². The maximum atomic E-state index is 13.4. The first-order valence-electron chi connectivity index (χ1n) is 10.8. The molecule has 3 atom stereocenters. The molecule has 2 amide bonds. The lowest BCUT2D eigenvalue weighted by Crippen LogP contribution is -2.50. The zero-order chi connectivity index (χ0) is 23.3. The van der Waals surface area contributed by atoms with E-state index in [1.165, 1.54) is 6.92 Å². The summed E-state index contributed by atoms with van der Waals surface area (Å²) in [7, 11) is 1.72. The zero-order valence-corrected chi connectivity index (χ0v) is 19.1. The molecule has 1 aliphatic rings. The van der Waals surface area contributed by atoms with Crippen LogP contribution in [0.4, 0.5) is 0 Å². The van der Waals surface area contributed by atoms with Gasteiger partial charge < -0.3 is 19.6 Å². The monoisotopic (exact) mass is 437 g/mol. The molecule has 1 N–H and O–H groups in total. The van der Waals surface area contributed by atoms with Gasteiger partial charge >= 0.3 is 0 Å². The SMILES string of the molecule is CC(=O)N(C)C[C@H]1Oc2ncc(/C=C/c3ccccc3)cc2C(=O)N([C@@H](C)CO)C[C@H]1C. The lowest BCUT2D eigenvalue weighted by molar-refractivity contribution is -0.129. The molecule has 32 heavy (non-hydrogen) atoms. The number of amides is 2. The third kappa shape index (κ3) is 5.53. The van der Waals surface area contributed by atoms with Gasteiger partial charge in [0.05, 0.1) is 19.2 Å². The maximum absolute atomic E-state index is 13.4. The maximum Gasteiger partial charge on any atom is 0.259 e. The Morgan fingerprint density at radius 1 is 1.31 bits per heavy atom. The highest BCUT2D eigenvalue weighted by Crippen LogP contribution is 2.28. The number of hydrogen-bond donors (Lipinski definition) is 1. The van der Waals surface area contributed by atoms with E-state index >= 15 is 0 Å². The summed E-state index contributed by atoms with van der Waals surface area (Å²) < 4.78 is 6.18. The minimum Gasteiger partial charge on any atom is -0.472 e. The number of nitrogens with zero attached hydrogens (tertiary/aromatic N) is 3. The predicted octanol–water partition coefficient (Wildman–Crippen LogP) is 2.95. The summed E-state index contributed by atoms with van der Waals surface area (Å²) in [6.07, 6.45) is 5.18. The number of rotatable bonds is 6. The fourth-order valence-corrected chi connectivity index (χ4v) is 3.58. The van der Waals surface area contributed by atoms with E-state index in [9.17, 15) is 14.7 Å². The summed E-state index contributed by atoms with van der Waals surface area (Å²) >= 11 is 0. The molecule has 0 spiro atoms. The Bertz CT molecular complexity index is 976. The van der Waals surface area contributed by atoms with E-state index in [0.717, 1.165) is 11.1 Å². The average molecular weight is 438 g/mol. The van der Waals surface area contributed by atoms with Crippen LogP contribution in [0.1, 0.15) is 42.3 Å². The number of ether oxygens (including phenoxy) is 1. The van der Waals surface area contributed by atoms with Crippen molar-refractivity contribution in [2.75, 3.05) is 26.7 Å². The number of fused-ring (bicyclic) bond motifs is 1. The van der Waals surface area contributed by atoms with E-state index in [4.69, 9.17) is 4.74 Å². The van der Waals surface area contributed by atoms with E-state index in [1.54, 1.807) is 29.1 Å². The normalized spacial score (nSPS) is 19.7. The first-order chi connectivity index (χ1) is 15.3. The van der Waals surface area contributed by atoms with Gasteiger partial charge in [-0.1, -0.05) is 49.4 Å². The van der Waals surface area contributed by atoms with Crippen LogP contribution >= 0.6 is 0 Å². The second-order valence-electron chi connectivity index (χ2n) is 8.39. The topological polar surface area (TPSA) is 83.0 Å². The Kier molecular flexibility index (Phi) is 7.64. The molecule has 0 radical (unpaired) electrons. The molecule has 2 aromatic rings. The van der Waals surface area contributed by atoms with Crippen LogP contribution in [0.15, 0.2) is 42.6 Å². The molecule has 1 aliphatic heterocycles. The molecule has 2 heterocycles. The van der Waals surface area contributed by atoms with Crippen molar-refractivity contribution in [1.29, 1.82) is 0 Å². The highest BCUT2D eigenvalue weighted by Gasteiger charge is 2.34. The summed E-state index contributed by atoms with van der Waals surface area (Å²) in [6, 6.07) is 11.3. The summed E-state index contributed by atoms with van der Waals surface area (Å²) in [5.74, 6) is -0.110. The van der Waals surface area contributed by atoms with Crippen LogP contribution in [0.2, 0.25) is 0 Å². The van der Waals surface area contributed by atoms with Gasteiger partial charge in [-0.2, -0.15) is 0 Å². The van der Waals surface area contributed by atoms with Crippen molar-refractivity contribution in [3.05, 3.63) is 59.3 Å². The number of benzene rings is 1. The van der Waals surface area contributed by atoms with Crippen LogP contribution in [-0.4, -0.2) is 70.6 Å². The van der Waals surface area contributed by atoms with Gasteiger partial charge in [-0.15, -0.1) is 0 Å². The third-order valence-electron chi connectivity index (χ3n) is 5.80. The number of aromatic nitrogens is 1. The minimum atomic E-state index is -0.356. The number of likely N-dealkylation sites (N-methyl/N-ethyl adjacent to an activating group) is 1. The van der Waals surface area contributed by atoms with Crippen molar-refractivity contribution >= 4 is 24.0 Å². The molecule has 0 saturated heterocycles. The molecule has 0 aliphatic carbocycles. The van der Waals surface area contributed by atoms with Crippen molar-refractivity contribution in [2.45, 2.75) is 32.9 Å². The number of pyridine rings is 1. The molecule has 7 heteroatoms. The molecule has 0 fully saturated rings. The van der Waals surface area contributed by atoms with Crippen LogP contribution in [0.25, 0.3) is 12.2 Å². The number of aliphatic hydroxyl groups is 1. The Labute approximate surface area is 189 Å². The molecule has 7 nitrogen and oxygen atoms in total. The van der Waals surface area contributed by atoms with Gasteiger partial charge in [-0.25, -0.2) is 4.98 Å². The summed E-state index contributed by atoms with van der Waals surface area (Å²) in [5.41, 5.74) is 2.16. The molecule has 3 rings (SSSR count). The second kappa shape index (κ2) is 10.4. The second-order valence-corrected chi connectivity index (χ2v) is 8.39. The van der Waals surface area contributed by atoms with Crippen LogP contribution in [0, 0.1) is 5.92 Å². The van der Waals surface area contributed by atoms with Gasteiger partial charge in [0.25, 0.3) is 5.91 Å². The van der Waals surface area contributed by atoms with Crippen molar-refractivity contribution in [2.24, 2.45) is 5.92 Å². The summed E-state index contributed by atoms with van der Waals surface area (Å²) in [5, 5.41) is 9.75. The number of aliphatic hydroxyl groups excluding tert-OH is 1. The first-order valence-corrected chi connectivity index (χ1v) is 10.8. The van der Waals surface area contributed by atoms with E-state index in [1.807, 2.05) is 56.3 Å². The Morgan fingerprint density at radius 3 is 2.66 bits per heavy atom. The van der Waals surface area contributed by atoms with Crippen molar-refractivity contribution in [3.8, 4) is 5.88 Å². The Morgan fingerprint density at radius 2 is 2.00 bits per heavy atom. The molecular formula is C25H31N3O4. The molecule has 0 saturated carbocycles. The number of carbonyl (C=O) groups is 2. The van der Waals surface area contributed by atoms with Crippen LogP contribution in [-0.2, 0) is 4.79 Å². The van der Waals surface area contributed by atoms with E-state index in [0.29, 0.717) is 18.7 Å². The van der Waals surface area contributed by atoms with Gasteiger partial charge in [-0.05, 0) is 24.1 Å². The fourth-order valence-electron chi connectivity index (χ4n) is 3.58. The third-order valence-corrected chi connectivity index (χ3v) is 5.80. The highest BCUT2D eigenvalue weighted by atomic mass is 16.5. The predicted molar refractivity (Wildman–Crippen MR) is 124 cm³/mol. The Hall–Kier alpha value is -3.19. The molecular weight excluding hydrogens is 406 g/mol. The van der Waals surface area contributed by atoms with Gasteiger partial charge in [-0.3, -0.25) is 9.59 Å². The smallest absolute Gasteiger partial charge is 0.259 e. The van der Waals surface area contributed by atoms with Crippen LogP contribution < -0.4 is 4.74 Å². The molecule has 0 bridgehead atoms. The van der Waals surface area contributed by atoms with Crippen LogP contribution in [0.3, 0.4) is 0 Å². The minimum absolute atomic E-state index is 0.0610. The Balaban J connectivity index is 1.98.